The number of carbonyl (C=O) groups excluding carboxylic acids is 1. The fraction of sp³-hybridized carbons (Fsp3) is 0.429. The Bertz CT molecular complexity index is 533. The number of nitrogens with one attached hydrogen (secondary N) is 1. The fourth-order valence-electron chi connectivity index (χ4n) is 1.64. The van der Waals surface area contributed by atoms with Crippen LogP contribution >= 0.6 is 15.9 Å². The van der Waals surface area contributed by atoms with Gasteiger partial charge in [0.05, 0.1) is 9.89 Å². The summed E-state index contributed by atoms with van der Waals surface area (Å²) in [5, 5.41) is 11.8. The molecular weight excluding hydrogens is 329 g/mol. The largest absolute Gasteiger partial charge is 0.481 e. The summed E-state index contributed by atoms with van der Waals surface area (Å²) in [6.45, 7) is 5.06. The van der Waals surface area contributed by atoms with Crippen molar-refractivity contribution in [2.24, 2.45) is 11.3 Å². The molecule has 0 radical (unpaired) electrons. The van der Waals surface area contributed by atoms with Gasteiger partial charge in [0, 0.05) is 12.1 Å². The van der Waals surface area contributed by atoms with Crippen molar-refractivity contribution in [3.05, 3.63) is 28.5 Å². The highest BCUT2D eigenvalue weighted by atomic mass is 79.9. The number of carboxylic acid groups (broad SMARTS) is 1. The molecule has 0 aliphatic heterocycles. The highest BCUT2D eigenvalue weighted by Crippen LogP contribution is 2.32. The molecule has 110 valence electrons. The van der Waals surface area contributed by atoms with Crippen molar-refractivity contribution in [2.45, 2.75) is 27.2 Å². The van der Waals surface area contributed by atoms with Gasteiger partial charge in [0.1, 0.15) is 5.82 Å². The van der Waals surface area contributed by atoms with Crippen LogP contribution in [0, 0.1) is 17.2 Å². The number of carboxylic acids is 1. The maximum atomic E-state index is 13.1. The van der Waals surface area contributed by atoms with Gasteiger partial charge in [-0.25, -0.2) is 4.39 Å². The Morgan fingerprint density at radius 3 is 2.50 bits per heavy atom. The average Bonchev–Trinajstić information content (AvgIpc) is 2.33. The zero-order valence-corrected chi connectivity index (χ0v) is 13.1. The molecule has 6 heteroatoms. The molecule has 0 bridgehead atoms. The predicted molar refractivity (Wildman–Crippen MR) is 77.9 cm³/mol. The van der Waals surface area contributed by atoms with Gasteiger partial charge in [-0.05, 0) is 47.0 Å². The standard InChI is InChI=1S/C14H17BrFNO3/c1-8(2)14(3,13(19)20)7-12(18)17-9-4-5-11(16)10(15)6-9/h4-6,8H,7H2,1-3H3,(H,17,18)(H,19,20). The molecule has 0 saturated heterocycles. The van der Waals surface area contributed by atoms with Crippen LogP contribution in [0.2, 0.25) is 0 Å². The zero-order chi connectivity index (χ0) is 15.5. The summed E-state index contributed by atoms with van der Waals surface area (Å²) >= 11 is 3.02. The second-order valence-electron chi connectivity index (χ2n) is 5.23. The normalized spacial score (nSPS) is 13.9. The number of rotatable bonds is 5. The van der Waals surface area contributed by atoms with Crippen molar-refractivity contribution in [3.63, 3.8) is 0 Å². The molecule has 0 aliphatic carbocycles. The van der Waals surface area contributed by atoms with Crippen molar-refractivity contribution >= 4 is 33.5 Å². The van der Waals surface area contributed by atoms with Crippen LogP contribution in [0.25, 0.3) is 0 Å². The lowest BCUT2D eigenvalue weighted by Crippen LogP contribution is -2.37. The number of anilines is 1. The maximum Gasteiger partial charge on any atom is 0.310 e. The second kappa shape index (κ2) is 6.35. The molecule has 0 heterocycles. The molecule has 1 amide bonds. The Kier molecular flexibility index (Phi) is 5.28. The van der Waals surface area contributed by atoms with Crippen LogP contribution < -0.4 is 5.32 Å². The number of benzene rings is 1. The van der Waals surface area contributed by atoms with Crippen LogP contribution in [0.5, 0.6) is 0 Å². The molecular formula is C14H17BrFNO3. The number of aliphatic carboxylic acids is 1. The van der Waals surface area contributed by atoms with E-state index in [1.165, 1.54) is 18.2 Å². The molecule has 0 aliphatic rings. The Hall–Kier alpha value is -1.43. The first-order valence-corrected chi connectivity index (χ1v) is 6.94. The maximum absolute atomic E-state index is 13.1. The topological polar surface area (TPSA) is 66.4 Å². The summed E-state index contributed by atoms with van der Waals surface area (Å²) in [7, 11) is 0. The molecule has 20 heavy (non-hydrogen) atoms. The Balaban J connectivity index is 2.81. The van der Waals surface area contributed by atoms with Crippen molar-refractivity contribution < 1.29 is 19.1 Å². The third-order valence-electron chi connectivity index (χ3n) is 3.49. The van der Waals surface area contributed by atoms with Gasteiger partial charge < -0.3 is 10.4 Å². The zero-order valence-electron chi connectivity index (χ0n) is 11.5. The summed E-state index contributed by atoms with van der Waals surface area (Å²) in [4.78, 5) is 23.3. The van der Waals surface area contributed by atoms with E-state index in [-0.39, 0.29) is 16.8 Å². The van der Waals surface area contributed by atoms with E-state index >= 15 is 0 Å². The first kappa shape index (κ1) is 16.6. The van der Waals surface area contributed by atoms with Gasteiger partial charge in [0.25, 0.3) is 0 Å². The molecule has 0 saturated carbocycles. The fourth-order valence-corrected chi connectivity index (χ4v) is 2.02. The van der Waals surface area contributed by atoms with Crippen LogP contribution in [0.15, 0.2) is 22.7 Å². The molecule has 2 N–H and O–H groups in total. The van der Waals surface area contributed by atoms with Crippen molar-refractivity contribution in [3.8, 4) is 0 Å². The highest BCUT2D eigenvalue weighted by molar-refractivity contribution is 9.10. The third kappa shape index (κ3) is 3.79. The van der Waals surface area contributed by atoms with Gasteiger partial charge in [-0.1, -0.05) is 13.8 Å². The lowest BCUT2D eigenvalue weighted by Gasteiger charge is -2.28. The van der Waals surface area contributed by atoms with Gasteiger partial charge in [-0.15, -0.1) is 0 Å². The number of hydrogen-bond donors (Lipinski definition) is 2. The highest BCUT2D eigenvalue weighted by Gasteiger charge is 2.38. The number of hydrogen-bond acceptors (Lipinski definition) is 2. The lowest BCUT2D eigenvalue weighted by atomic mass is 9.76. The first-order valence-electron chi connectivity index (χ1n) is 6.15. The van der Waals surface area contributed by atoms with E-state index in [2.05, 4.69) is 21.2 Å². The summed E-state index contributed by atoms with van der Waals surface area (Å²) in [5.74, 6) is -2.05. The summed E-state index contributed by atoms with van der Waals surface area (Å²) < 4.78 is 13.3. The lowest BCUT2D eigenvalue weighted by molar-refractivity contribution is -0.153. The SMILES string of the molecule is CC(C)C(C)(CC(=O)Nc1ccc(F)c(Br)c1)C(=O)O. The van der Waals surface area contributed by atoms with Crippen molar-refractivity contribution in [1.29, 1.82) is 0 Å². The first-order chi connectivity index (χ1) is 9.16. The minimum Gasteiger partial charge on any atom is -0.481 e. The van der Waals surface area contributed by atoms with E-state index in [0.29, 0.717) is 5.69 Å². The molecule has 1 rings (SSSR count). The molecule has 0 fully saturated rings. The summed E-state index contributed by atoms with van der Waals surface area (Å²) in [6.07, 6.45) is -0.144. The molecule has 1 atom stereocenters. The number of amides is 1. The quantitative estimate of drug-likeness (QED) is 0.855. The minimum atomic E-state index is -1.14. The van der Waals surface area contributed by atoms with Crippen LogP contribution in [0.1, 0.15) is 27.2 Å². The third-order valence-corrected chi connectivity index (χ3v) is 4.10. The molecule has 0 spiro atoms. The van der Waals surface area contributed by atoms with E-state index in [1.54, 1.807) is 20.8 Å². The van der Waals surface area contributed by atoms with Crippen molar-refractivity contribution in [2.75, 3.05) is 5.32 Å². The van der Waals surface area contributed by atoms with Gasteiger partial charge in [0.2, 0.25) is 5.91 Å². The van der Waals surface area contributed by atoms with Gasteiger partial charge in [0.15, 0.2) is 0 Å². The van der Waals surface area contributed by atoms with Crippen LogP contribution in [0.4, 0.5) is 10.1 Å². The number of carbonyl (C=O) groups is 2. The smallest absolute Gasteiger partial charge is 0.310 e. The Morgan fingerprint density at radius 2 is 2.05 bits per heavy atom. The van der Waals surface area contributed by atoms with E-state index in [4.69, 9.17) is 0 Å². The molecule has 1 unspecified atom stereocenters. The second-order valence-corrected chi connectivity index (χ2v) is 6.09. The Labute approximate surface area is 125 Å². The summed E-state index contributed by atoms with van der Waals surface area (Å²) in [6, 6.07) is 4.07. The monoisotopic (exact) mass is 345 g/mol. The summed E-state index contributed by atoms with van der Waals surface area (Å²) in [5.41, 5.74) is -0.721. The van der Waals surface area contributed by atoms with Crippen LogP contribution in [-0.2, 0) is 9.59 Å². The number of halogens is 2. The van der Waals surface area contributed by atoms with Crippen LogP contribution in [0.3, 0.4) is 0 Å². The Morgan fingerprint density at radius 1 is 1.45 bits per heavy atom. The van der Waals surface area contributed by atoms with E-state index in [1.807, 2.05) is 0 Å². The van der Waals surface area contributed by atoms with E-state index in [9.17, 15) is 19.1 Å². The molecule has 1 aromatic rings. The van der Waals surface area contributed by atoms with Crippen LogP contribution in [-0.4, -0.2) is 17.0 Å². The molecule has 1 aromatic carbocycles. The van der Waals surface area contributed by atoms with Crippen molar-refractivity contribution in [1.82, 2.24) is 0 Å². The van der Waals surface area contributed by atoms with Gasteiger partial charge >= 0.3 is 5.97 Å². The minimum absolute atomic E-state index is 0.144. The van der Waals surface area contributed by atoms with E-state index in [0.717, 1.165) is 0 Å². The van der Waals surface area contributed by atoms with Gasteiger partial charge in [-0.2, -0.15) is 0 Å². The molecule has 0 aromatic heterocycles. The van der Waals surface area contributed by atoms with Gasteiger partial charge in [-0.3, -0.25) is 9.59 Å². The van der Waals surface area contributed by atoms with E-state index < -0.39 is 23.1 Å². The molecule has 4 nitrogen and oxygen atoms in total. The average molecular weight is 346 g/mol. The predicted octanol–water partition coefficient (Wildman–Crippen LogP) is 3.66.